The molecule has 88 valence electrons. The summed E-state index contributed by atoms with van der Waals surface area (Å²) in [7, 11) is 0. The topological polar surface area (TPSA) is 12.9 Å². The smallest absolute Gasteiger partial charge is 0.265 e. The summed E-state index contributed by atoms with van der Waals surface area (Å²) in [6.45, 7) is 0. The first-order valence-corrected chi connectivity index (χ1v) is 4.76. The van der Waals surface area contributed by atoms with Crippen molar-refractivity contribution in [1.82, 2.24) is 4.98 Å². The molecule has 5 heteroatoms. The Bertz CT molecular complexity index is 520. The summed E-state index contributed by atoms with van der Waals surface area (Å²) in [6.07, 6.45) is -1.89. The molecule has 2 rings (SSSR count). The molecular weight excluding hydrogens is 234 g/mol. The van der Waals surface area contributed by atoms with Crippen LogP contribution in [0.2, 0.25) is 0 Å². The maximum Gasteiger partial charge on any atom is 0.419 e. The monoisotopic (exact) mass is 241 g/mol. The van der Waals surface area contributed by atoms with Crippen LogP contribution in [0, 0.1) is 5.82 Å². The fraction of sp³-hybridized carbons (Fsp3) is 0.0833. The number of halogens is 4. The molecule has 2 aromatic rings. The van der Waals surface area contributed by atoms with Crippen molar-refractivity contribution < 1.29 is 17.6 Å². The first kappa shape index (κ1) is 11.6. The van der Waals surface area contributed by atoms with Crippen molar-refractivity contribution in [3.05, 3.63) is 54.1 Å². The lowest BCUT2D eigenvalue weighted by Crippen LogP contribution is -2.08. The fourth-order valence-corrected chi connectivity index (χ4v) is 1.51. The van der Waals surface area contributed by atoms with Crippen LogP contribution in [-0.4, -0.2) is 4.98 Å². The summed E-state index contributed by atoms with van der Waals surface area (Å²) in [5, 5.41) is 0. The van der Waals surface area contributed by atoms with Crippen molar-refractivity contribution in [3.63, 3.8) is 0 Å². The summed E-state index contributed by atoms with van der Waals surface area (Å²) in [5.41, 5.74) is -0.974. The molecule has 0 aliphatic heterocycles. The van der Waals surface area contributed by atoms with Gasteiger partial charge in [0.15, 0.2) is 0 Å². The van der Waals surface area contributed by atoms with Crippen molar-refractivity contribution in [2.75, 3.05) is 0 Å². The second kappa shape index (κ2) is 4.16. The molecule has 0 N–H and O–H groups in total. The third kappa shape index (κ3) is 2.27. The zero-order valence-corrected chi connectivity index (χ0v) is 8.50. The lowest BCUT2D eigenvalue weighted by atomic mass is 10.0. The summed E-state index contributed by atoms with van der Waals surface area (Å²) in [5.74, 6) is -1.26. The second-order valence-corrected chi connectivity index (χ2v) is 3.40. The van der Waals surface area contributed by atoms with Gasteiger partial charge in [-0.3, -0.25) is 4.98 Å². The second-order valence-electron chi connectivity index (χ2n) is 3.40. The predicted octanol–water partition coefficient (Wildman–Crippen LogP) is 3.91. The zero-order valence-electron chi connectivity index (χ0n) is 8.50. The molecule has 0 spiro atoms. The van der Waals surface area contributed by atoms with Crippen LogP contribution in [0.25, 0.3) is 11.1 Å². The van der Waals surface area contributed by atoms with Gasteiger partial charge in [-0.25, -0.2) is 4.39 Å². The summed E-state index contributed by atoms with van der Waals surface area (Å²) in [4.78, 5) is 3.73. The molecule has 0 aliphatic carbocycles. The predicted molar refractivity (Wildman–Crippen MR) is 54.6 cm³/mol. The molecule has 0 saturated carbocycles. The number of rotatable bonds is 1. The van der Waals surface area contributed by atoms with Crippen molar-refractivity contribution in [3.8, 4) is 11.1 Å². The number of aromatic nitrogens is 1. The Morgan fingerprint density at radius 2 is 1.59 bits per heavy atom. The average molecular weight is 241 g/mol. The molecule has 0 saturated heterocycles. The van der Waals surface area contributed by atoms with Gasteiger partial charge >= 0.3 is 6.18 Å². The third-order valence-corrected chi connectivity index (χ3v) is 2.30. The highest BCUT2D eigenvalue weighted by Gasteiger charge is 2.34. The average Bonchev–Trinajstić information content (AvgIpc) is 2.29. The quantitative estimate of drug-likeness (QED) is 0.690. The van der Waals surface area contributed by atoms with E-state index < -0.39 is 17.6 Å². The minimum atomic E-state index is -4.69. The van der Waals surface area contributed by atoms with Gasteiger partial charge in [-0.05, 0) is 23.8 Å². The SMILES string of the molecule is Fc1c(-c2ccncc2)cccc1C(F)(F)F. The Morgan fingerprint density at radius 1 is 0.941 bits per heavy atom. The van der Waals surface area contributed by atoms with E-state index in [1.807, 2.05) is 0 Å². The normalized spacial score (nSPS) is 11.5. The van der Waals surface area contributed by atoms with Gasteiger partial charge in [-0.2, -0.15) is 13.2 Å². The first-order valence-electron chi connectivity index (χ1n) is 4.76. The van der Waals surface area contributed by atoms with Crippen molar-refractivity contribution in [2.24, 2.45) is 0 Å². The molecule has 0 fully saturated rings. The number of hydrogen-bond acceptors (Lipinski definition) is 1. The molecule has 1 nitrogen and oxygen atoms in total. The Morgan fingerprint density at radius 3 is 2.18 bits per heavy atom. The van der Waals surface area contributed by atoms with E-state index in [9.17, 15) is 17.6 Å². The Hall–Kier alpha value is -1.91. The highest BCUT2D eigenvalue weighted by molar-refractivity contribution is 5.64. The molecule has 1 aromatic carbocycles. The zero-order chi connectivity index (χ0) is 12.5. The van der Waals surface area contributed by atoms with Crippen LogP contribution in [0.3, 0.4) is 0 Å². The van der Waals surface area contributed by atoms with Crippen LogP contribution in [0.5, 0.6) is 0 Å². The van der Waals surface area contributed by atoms with E-state index in [1.165, 1.54) is 36.7 Å². The van der Waals surface area contributed by atoms with Gasteiger partial charge in [0.05, 0.1) is 5.56 Å². The van der Waals surface area contributed by atoms with E-state index in [1.54, 1.807) is 0 Å². The van der Waals surface area contributed by atoms with Gasteiger partial charge in [-0.1, -0.05) is 12.1 Å². The summed E-state index contributed by atoms with van der Waals surface area (Å²) >= 11 is 0. The number of pyridine rings is 1. The van der Waals surface area contributed by atoms with Gasteiger partial charge < -0.3 is 0 Å². The molecule has 0 bridgehead atoms. The minimum absolute atomic E-state index is 0.0813. The Labute approximate surface area is 94.7 Å². The van der Waals surface area contributed by atoms with Gasteiger partial charge in [0.2, 0.25) is 0 Å². The standard InChI is InChI=1S/C12H7F4N/c13-11-9(8-4-6-17-7-5-8)2-1-3-10(11)12(14,15)16/h1-7H. The lowest BCUT2D eigenvalue weighted by molar-refractivity contribution is -0.139. The minimum Gasteiger partial charge on any atom is -0.265 e. The summed E-state index contributed by atoms with van der Waals surface area (Å²) < 4.78 is 51.2. The van der Waals surface area contributed by atoms with Crippen LogP contribution in [0.15, 0.2) is 42.7 Å². The van der Waals surface area contributed by atoms with Crippen LogP contribution < -0.4 is 0 Å². The molecule has 1 heterocycles. The van der Waals surface area contributed by atoms with E-state index >= 15 is 0 Å². The van der Waals surface area contributed by atoms with Gasteiger partial charge in [0.1, 0.15) is 5.82 Å². The van der Waals surface area contributed by atoms with E-state index in [0.717, 1.165) is 6.07 Å². The van der Waals surface area contributed by atoms with Crippen LogP contribution in [-0.2, 0) is 6.18 Å². The fourth-order valence-electron chi connectivity index (χ4n) is 1.51. The highest BCUT2D eigenvalue weighted by atomic mass is 19.4. The first-order chi connectivity index (χ1) is 8.00. The molecule has 17 heavy (non-hydrogen) atoms. The van der Waals surface area contributed by atoms with Crippen LogP contribution in [0.1, 0.15) is 5.56 Å². The molecular formula is C12H7F4N. The maximum atomic E-state index is 13.7. The number of nitrogens with zero attached hydrogens (tertiary/aromatic N) is 1. The molecule has 0 atom stereocenters. The number of benzene rings is 1. The Kier molecular flexibility index (Phi) is 2.83. The largest absolute Gasteiger partial charge is 0.419 e. The van der Waals surface area contributed by atoms with Crippen molar-refractivity contribution >= 4 is 0 Å². The van der Waals surface area contributed by atoms with Crippen LogP contribution in [0.4, 0.5) is 17.6 Å². The van der Waals surface area contributed by atoms with E-state index in [2.05, 4.69) is 4.98 Å². The van der Waals surface area contributed by atoms with Gasteiger partial charge in [0.25, 0.3) is 0 Å². The van der Waals surface area contributed by atoms with Gasteiger partial charge in [-0.15, -0.1) is 0 Å². The molecule has 0 aliphatic rings. The van der Waals surface area contributed by atoms with E-state index in [0.29, 0.717) is 5.56 Å². The van der Waals surface area contributed by atoms with Gasteiger partial charge in [0, 0.05) is 18.0 Å². The van der Waals surface area contributed by atoms with Crippen molar-refractivity contribution in [2.45, 2.75) is 6.18 Å². The maximum absolute atomic E-state index is 13.7. The number of alkyl halides is 3. The van der Waals surface area contributed by atoms with E-state index in [-0.39, 0.29) is 5.56 Å². The molecule has 0 radical (unpaired) electrons. The number of hydrogen-bond donors (Lipinski definition) is 0. The summed E-state index contributed by atoms with van der Waals surface area (Å²) in [6, 6.07) is 6.12. The van der Waals surface area contributed by atoms with Crippen LogP contribution >= 0.6 is 0 Å². The third-order valence-electron chi connectivity index (χ3n) is 2.30. The highest BCUT2D eigenvalue weighted by Crippen LogP contribution is 2.35. The molecule has 1 aromatic heterocycles. The van der Waals surface area contributed by atoms with Crippen molar-refractivity contribution in [1.29, 1.82) is 0 Å². The lowest BCUT2D eigenvalue weighted by Gasteiger charge is -2.10. The van der Waals surface area contributed by atoms with E-state index in [4.69, 9.17) is 0 Å². The molecule has 0 amide bonds. The molecule has 0 unspecified atom stereocenters. The Balaban J connectivity index is 2.58.